The van der Waals surface area contributed by atoms with Gasteiger partial charge in [-0.15, -0.1) is 0 Å². The first-order valence-corrected chi connectivity index (χ1v) is 5.65. The van der Waals surface area contributed by atoms with Crippen LogP contribution in [0.3, 0.4) is 0 Å². The van der Waals surface area contributed by atoms with Gasteiger partial charge in [0.1, 0.15) is 5.41 Å². The molecule has 2 aliphatic rings. The van der Waals surface area contributed by atoms with Crippen molar-refractivity contribution in [2.75, 3.05) is 0 Å². The number of amides is 2. The van der Waals surface area contributed by atoms with Crippen LogP contribution >= 0.6 is 12.2 Å². The molecule has 15 heavy (non-hydrogen) atoms. The molecular formula is C10H14N2O2S. The van der Waals surface area contributed by atoms with Crippen LogP contribution in [0.1, 0.15) is 32.6 Å². The van der Waals surface area contributed by atoms with Crippen molar-refractivity contribution in [3.05, 3.63) is 0 Å². The molecule has 1 saturated heterocycles. The summed E-state index contributed by atoms with van der Waals surface area (Å²) in [6.45, 7) is 1.96. The van der Waals surface area contributed by atoms with E-state index in [0.29, 0.717) is 6.42 Å². The molecule has 1 spiro atoms. The summed E-state index contributed by atoms with van der Waals surface area (Å²) in [6, 6.07) is 0. The van der Waals surface area contributed by atoms with Crippen LogP contribution in [0.5, 0.6) is 0 Å². The van der Waals surface area contributed by atoms with Gasteiger partial charge in [0.05, 0.1) is 0 Å². The van der Waals surface area contributed by atoms with Crippen LogP contribution in [0, 0.1) is 11.3 Å². The van der Waals surface area contributed by atoms with Gasteiger partial charge in [-0.25, -0.2) is 0 Å². The fraction of sp³-hybridized carbons (Fsp3) is 0.700. The lowest BCUT2D eigenvalue weighted by Crippen LogP contribution is -2.65. The maximum atomic E-state index is 11.9. The molecule has 0 bridgehead atoms. The zero-order valence-electron chi connectivity index (χ0n) is 8.63. The minimum atomic E-state index is -0.874. The van der Waals surface area contributed by atoms with Crippen molar-refractivity contribution in [2.45, 2.75) is 32.6 Å². The van der Waals surface area contributed by atoms with Crippen LogP contribution in [0.4, 0.5) is 0 Å². The SMILES string of the molecule is CC1CCCCC12C(=O)NC(=S)NC2=O. The van der Waals surface area contributed by atoms with E-state index in [1.54, 1.807) is 0 Å². The Morgan fingerprint density at radius 2 is 1.87 bits per heavy atom. The van der Waals surface area contributed by atoms with Crippen molar-refractivity contribution in [1.29, 1.82) is 0 Å². The van der Waals surface area contributed by atoms with Crippen molar-refractivity contribution >= 4 is 29.1 Å². The van der Waals surface area contributed by atoms with E-state index in [-0.39, 0.29) is 22.8 Å². The predicted molar refractivity (Wildman–Crippen MR) is 58.9 cm³/mol. The lowest BCUT2D eigenvalue weighted by atomic mass is 9.65. The fourth-order valence-corrected chi connectivity index (χ4v) is 2.77. The predicted octanol–water partition coefficient (Wildman–Crippen LogP) is 0.714. The average molecular weight is 226 g/mol. The van der Waals surface area contributed by atoms with Gasteiger partial charge in [-0.05, 0) is 31.0 Å². The smallest absolute Gasteiger partial charge is 0.242 e. The molecule has 0 aromatic carbocycles. The highest BCUT2D eigenvalue weighted by molar-refractivity contribution is 7.80. The highest BCUT2D eigenvalue weighted by atomic mass is 32.1. The first-order chi connectivity index (χ1) is 7.07. The fourth-order valence-electron chi connectivity index (χ4n) is 2.59. The van der Waals surface area contributed by atoms with Gasteiger partial charge in [-0.2, -0.15) is 0 Å². The second-order valence-electron chi connectivity index (χ2n) is 4.36. The van der Waals surface area contributed by atoms with Crippen LogP contribution in [0.2, 0.25) is 0 Å². The first-order valence-electron chi connectivity index (χ1n) is 5.24. The molecule has 0 radical (unpaired) electrons. The molecule has 2 rings (SSSR count). The van der Waals surface area contributed by atoms with Crippen LogP contribution in [0.15, 0.2) is 0 Å². The van der Waals surface area contributed by atoms with Gasteiger partial charge in [0.2, 0.25) is 11.8 Å². The summed E-state index contributed by atoms with van der Waals surface area (Å²) in [4.78, 5) is 23.9. The third kappa shape index (κ3) is 1.45. The van der Waals surface area contributed by atoms with Gasteiger partial charge < -0.3 is 10.6 Å². The molecule has 1 unspecified atom stereocenters. The van der Waals surface area contributed by atoms with Crippen molar-refractivity contribution in [1.82, 2.24) is 10.6 Å². The quantitative estimate of drug-likeness (QED) is 0.472. The van der Waals surface area contributed by atoms with Crippen LogP contribution in [-0.4, -0.2) is 16.9 Å². The topological polar surface area (TPSA) is 58.2 Å². The molecule has 1 aliphatic heterocycles. The Kier molecular flexibility index (Phi) is 2.50. The van der Waals surface area contributed by atoms with E-state index in [1.807, 2.05) is 6.92 Å². The monoisotopic (exact) mass is 226 g/mol. The van der Waals surface area contributed by atoms with Crippen LogP contribution in [0.25, 0.3) is 0 Å². The largest absolute Gasteiger partial charge is 0.302 e. The number of carbonyl (C=O) groups excluding carboxylic acids is 2. The average Bonchev–Trinajstić information content (AvgIpc) is 2.16. The molecule has 4 nitrogen and oxygen atoms in total. The lowest BCUT2D eigenvalue weighted by Gasteiger charge is -2.42. The lowest BCUT2D eigenvalue weighted by molar-refractivity contribution is -0.149. The number of hydrogen-bond donors (Lipinski definition) is 2. The number of hydrogen-bond acceptors (Lipinski definition) is 3. The second kappa shape index (κ2) is 3.56. The minimum Gasteiger partial charge on any atom is -0.302 e. The Hall–Kier alpha value is -0.970. The van der Waals surface area contributed by atoms with Gasteiger partial charge in [0, 0.05) is 0 Å². The summed E-state index contributed by atoms with van der Waals surface area (Å²) in [7, 11) is 0. The maximum Gasteiger partial charge on any atom is 0.242 e. The van der Waals surface area contributed by atoms with E-state index in [0.717, 1.165) is 19.3 Å². The van der Waals surface area contributed by atoms with Crippen molar-refractivity contribution in [2.24, 2.45) is 11.3 Å². The first kappa shape index (κ1) is 10.5. The van der Waals surface area contributed by atoms with E-state index in [4.69, 9.17) is 12.2 Å². The number of nitrogens with one attached hydrogen (secondary N) is 2. The highest BCUT2D eigenvalue weighted by Gasteiger charge is 2.53. The minimum absolute atomic E-state index is 0.0920. The molecular weight excluding hydrogens is 212 g/mol. The summed E-state index contributed by atoms with van der Waals surface area (Å²) < 4.78 is 0. The van der Waals surface area contributed by atoms with Gasteiger partial charge in [0.25, 0.3) is 0 Å². The summed E-state index contributed by atoms with van der Waals surface area (Å²) in [5, 5.41) is 5.26. The maximum absolute atomic E-state index is 11.9. The molecule has 82 valence electrons. The third-order valence-electron chi connectivity index (χ3n) is 3.56. The van der Waals surface area contributed by atoms with Gasteiger partial charge in [-0.1, -0.05) is 19.8 Å². The molecule has 5 heteroatoms. The Morgan fingerprint density at radius 3 is 2.40 bits per heavy atom. The standard InChI is InChI=1S/C10H14N2O2S/c1-6-4-2-3-5-10(6)7(13)11-9(15)12-8(10)14/h6H,2-5H2,1H3,(H2,11,12,13,14,15). The Bertz CT molecular complexity index is 320. The van der Waals surface area contributed by atoms with Crippen LogP contribution < -0.4 is 10.6 Å². The number of thiocarbonyl (C=S) groups is 1. The van der Waals surface area contributed by atoms with Crippen molar-refractivity contribution < 1.29 is 9.59 Å². The summed E-state index contributed by atoms with van der Waals surface area (Å²) >= 11 is 4.79. The Morgan fingerprint density at radius 1 is 1.27 bits per heavy atom. The summed E-state index contributed by atoms with van der Waals surface area (Å²) in [6.07, 6.45) is 3.58. The third-order valence-corrected chi connectivity index (χ3v) is 3.77. The summed E-state index contributed by atoms with van der Waals surface area (Å²) in [5.41, 5.74) is -0.874. The van der Waals surface area contributed by atoms with Gasteiger partial charge in [0.15, 0.2) is 5.11 Å². The molecule has 0 aromatic heterocycles. The van der Waals surface area contributed by atoms with Gasteiger partial charge in [-0.3, -0.25) is 9.59 Å². The van der Waals surface area contributed by atoms with E-state index in [1.165, 1.54) is 0 Å². The Labute approximate surface area is 93.8 Å². The van der Waals surface area contributed by atoms with E-state index >= 15 is 0 Å². The molecule has 2 N–H and O–H groups in total. The van der Waals surface area contributed by atoms with Gasteiger partial charge >= 0.3 is 0 Å². The highest BCUT2D eigenvalue weighted by Crippen LogP contribution is 2.42. The second-order valence-corrected chi connectivity index (χ2v) is 4.76. The molecule has 2 fully saturated rings. The normalized spacial score (nSPS) is 29.9. The van der Waals surface area contributed by atoms with E-state index in [2.05, 4.69) is 10.6 Å². The molecule has 1 heterocycles. The Balaban J connectivity index is 2.35. The van der Waals surface area contributed by atoms with E-state index in [9.17, 15) is 9.59 Å². The van der Waals surface area contributed by atoms with Crippen molar-refractivity contribution in [3.8, 4) is 0 Å². The zero-order valence-corrected chi connectivity index (χ0v) is 9.45. The van der Waals surface area contributed by atoms with Crippen molar-refractivity contribution in [3.63, 3.8) is 0 Å². The molecule has 2 amide bonds. The summed E-state index contributed by atoms with van der Waals surface area (Å²) in [5.74, 6) is -0.346. The van der Waals surface area contributed by atoms with E-state index < -0.39 is 5.41 Å². The van der Waals surface area contributed by atoms with Crippen LogP contribution in [-0.2, 0) is 9.59 Å². The number of rotatable bonds is 0. The zero-order chi connectivity index (χ0) is 11.1. The molecule has 1 atom stereocenters. The molecule has 0 aromatic rings. The number of carbonyl (C=O) groups is 2. The molecule has 1 saturated carbocycles. The molecule has 1 aliphatic carbocycles.